The molecular formula is C75H164BN5O11S5. The summed E-state index contributed by atoms with van der Waals surface area (Å²) < 4.78 is 21.0. The summed E-state index contributed by atoms with van der Waals surface area (Å²) in [7, 11) is 1.50. The van der Waals surface area contributed by atoms with Crippen molar-refractivity contribution in [1.29, 1.82) is 0 Å². The van der Waals surface area contributed by atoms with Gasteiger partial charge in [0.05, 0.1) is 7.11 Å². The SMILES string of the molecule is CC.CC.CC.CC(=O)N(C)C(C)(C)C.CC(C)(C)OB(O)O.CC(C)(C)OC(=O)N(C(C)(C)C)C(C)(C)C.CC(C)(C)OC(=S)N(C(C)(C)C)C(C)(C)C.CC(C)(C)SC(=O)N(C(C)(C)C)C(C)(C)C.CC(C)(C)SC(=S)N(C(C)(C)C)C(C)(C)C.COC(C)=O.CSC(C)=O. The summed E-state index contributed by atoms with van der Waals surface area (Å²) in [6.07, 6.45) is 1.51. The lowest BCUT2D eigenvalue weighted by Gasteiger charge is -2.47. The average Bonchev–Trinajstić information content (AvgIpc) is 0.832. The van der Waals surface area contributed by atoms with Crippen LogP contribution in [0.1, 0.15) is 353 Å². The standard InChI is InChI=1S/C13H27NO2.2C13H27NOS.C13H27NS2.C7H15NO.C4H11BO3.C3H6O2.C3H6OS.3C2H6/c2*1-11(2,3)14(12(4,5)6)10(15)16-13(7,8)9;1-11(2,3)14(12(4,5)6)10(16)15-13(7,8)9;1-11(2,3)14(12(4,5)6)10(15)16-13(7,8)9;1-6(9)8(5)7(2,3)4;1-4(2,3)8-5(6)7;2*1-3(4)5-2;3*1-2/h4*1-9H3;1-5H3;6-7H,1-3H3;2*1-2H3;3*1-2H3. The van der Waals surface area contributed by atoms with E-state index in [1.165, 1.54) is 37.6 Å². The molecule has 2 N–H and O–H groups in total. The molecular weight excluding hydrogens is 1320 g/mol. The second-order valence-corrected chi connectivity index (χ2v) is 41.4. The van der Waals surface area contributed by atoms with Crippen molar-refractivity contribution in [2.45, 2.75) is 429 Å². The Hall–Kier alpha value is -2.08. The van der Waals surface area contributed by atoms with Crippen LogP contribution < -0.4 is 0 Å². The minimum Gasteiger partial charge on any atom is -0.469 e. The van der Waals surface area contributed by atoms with Gasteiger partial charge in [0.2, 0.25) is 5.91 Å². The lowest BCUT2D eigenvalue weighted by molar-refractivity contribution is -0.138. The predicted molar refractivity (Wildman–Crippen MR) is 443 cm³/mol. The molecule has 0 aromatic rings. The van der Waals surface area contributed by atoms with Gasteiger partial charge in [-0.2, -0.15) is 0 Å². The van der Waals surface area contributed by atoms with E-state index in [2.05, 4.69) is 185 Å². The normalized spacial score (nSPS) is 12.0. The van der Waals surface area contributed by atoms with E-state index in [0.717, 1.165) is 4.32 Å². The van der Waals surface area contributed by atoms with Crippen LogP contribution in [0.2, 0.25) is 0 Å². The first-order valence-electron chi connectivity index (χ1n) is 34.3. The number of hydrogen-bond donors (Lipinski definition) is 2. The number of amides is 3. The highest BCUT2D eigenvalue weighted by atomic mass is 32.2. The van der Waals surface area contributed by atoms with Gasteiger partial charge in [-0.1, -0.05) is 131 Å². The number of hydrogen-bond acceptors (Lipinski definition) is 16. The maximum atomic E-state index is 12.3. The number of thioether (sulfide) groups is 3. The lowest BCUT2D eigenvalue weighted by atomic mass is 9.97. The van der Waals surface area contributed by atoms with Gasteiger partial charge in [0, 0.05) is 92.8 Å². The molecule has 0 aromatic heterocycles. The van der Waals surface area contributed by atoms with Crippen LogP contribution in [0.3, 0.4) is 0 Å². The molecule has 0 saturated carbocycles. The van der Waals surface area contributed by atoms with Crippen molar-refractivity contribution in [2.24, 2.45) is 0 Å². The monoisotopic (exact) mass is 1480 g/mol. The van der Waals surface area contributed by atoms with Gasteiger partial charge < -0.3 is 48.5 Å². The fourth-order valence-electron chi connectivity index (χ4n) is 8.23. The largest absolute Gasteiger partial charge is 0.634 e. The summed E-state index contributed by atoms with van der Waals surface area (Å²) in [6, 6.07) is 0. The van der Waals surface area contributed by atoms with Gasteiger partial charge in [0.25, 0.3) is 10.4 Å². The topological polar surface area (TPSA) is 179 Å². The maximum absolute atomic E-state index is 12.3. The predicted octanol–water partition coefficient (Wildman–Crippen LogP) is 22.2. The molecule has 0 bridgehead atoms. The number of rotatable bonds is 1. The number of ether oxygens (including phenoxy) is 3. The van der Waals surface area contributed by atoms with E-state index in [-0.39, 0.29) is 93.3 Å². The number of esters is 1. The summed E-state index contributed by atoms with van der Waals surface area (Å²) in [5.74, 6) is -0.132. The summed E-state index contributed by atoms with van der Waals surface area (Å²) >= 11 is 15.5. The Morgan fingerprint density at radius 3 is 0.742 bits per heavy atom. The smallest absolute Gasteiger partial charge is 0.469 e. The second kappa shape index (κ2) is 49.6. The Balaban J connectivity index is -0.0000000983. The molecule has 588 valence electrons. The van der Waals surface area contributed by atoms with Gasteiger partial charge in [-0.05, 0) is 268 Å². The van der Waals surface area contributed by atoms with Crippen LogP contribution in [0.5, 0.6) is 0 Å². The zero-order valence-electron chi connectivity index (χ0n) is 73.9. The fourth-order valence-corrected chi connectivity index (χ4v) is 12.7. The molecule has 22 heteroatoms. The second-order valence-electron chi connectivity index (χ2n) is 35.8. The average molecular weight is 1480 g/mol. The first kappa shape index (κ1) is 119. The van der Waals surface area contributed by atoms with Crippen molar-refractivity contribution in [2.75, 3.05) is 20.4 Å². The Bertz CT molecular complexity index is 1840. The maximum Gasteiger partial charge on any atom is 0.634 e. The van der Waals surface area contributed by atoms with Crippen molar-refractivity contribution in [3.05, 3.63) is 0 Å². The van der Waals surface area contributed by atoms with Crippen LogP contribution in [0, 0.1) is 0 Å². The van der Waals surface area contributed by atoms with E-state index in [9.17, 15) is 24.0 Å². The van der Waals surface area contributed by atoms with Crippen molar-refractivity contribution in [3.63, 3.8) is 0 Å². The van der Waals surface area contributed by atoms with Gasteiger partial charge >= 0.3 is 19.4 Å². The number of carbonyl (C=O) groups excluding carboxylic acids is 5. The molecule has 0 aliphatic rings. The molecule has 0 radical (unpaired) electrons. The molecule has 0 spiro atoms. The molecule has 0 fully saturated rings. The number of carbonyl (C=O) groups is 5. The number of methoxy groups -OCH3 is 1. The molecule has 0 unspecified atom stereocenters. The van der Waals surface area contributed by atoms with Crippen LogP contribution in [0.15, 0.2) is 0 Å². The van der Waals surface area contributed by atoms with Crippen molar-refractivity contribution >= 4 is 105 Å². The quantitative estimate of drug-likeness (QED) is 0.144. The summed E-state index contributed by atoms with van der Waals surface area (Å²) in [4.78, 5) is 64.5. The highest BCUT2D eigenvalue weighted by Crippen LogP contribution is 2.36. The first-order chi connectivity index (χ1) is 41.8. The minimum absolute atomic E-state index is 0.0359. The van der Waals surface area contributed by atoms with Crippen molar-refractivity contribution < 1.29 is 52.9 Å². The third-order valence-corrected chi connectivity index (χ3v) is 13.4. The molecule has 0 saturated heterocycles. The van der Waals surface area contributed by atoms with Crippen LogP contribution in [0.25, 0.3) is 0 Å². The highest BCUT2D eigenvalue weighted by Gasteiger charge is 2.41. The van der Waals surface area contributed by atoms with Crippen molar-refractivity contribution in [3.8, 4) is 0 Å². The van der Waals surface area contributed by atoms with Crippen LogP contribution in [-0.2, 0) is 33.2 Å². The van der Waals surface area contributed by atoms with Crippen molar-refractivity contribution in [1.82, 2.24) is 24.5 Å². The van der Waals surface area contributed by atoms with Gasteiger partial charge in [-0.25, -0.2) is 4.79 Å². The van der Waals surface area contributed by atoms with Gasteiger partial charge in [0.1, 0.15) is 15.5 Å². The molecule has 0 rings (SSSR count). The van der Waals surface area contributed by atoms with Gasteiger partial charge in [0.15, 0.2) is 5.12 Å². The first-order valence-corrected chi connectivity index (χ1v) is 38.0. The molecule has 97 heavy (non-hydrogen) atoms. The van der Waals surface area contributed by atoms with Crippen LogP contribution in [0.4, 0.5) is 9.59 Å². The van der Waals surface area contributed by atoms with E-state index < -0.39 is 18.5 Å². The molecule has 0 aromatic carbocycles. The van der Waals surface area contributed by atoms with E-state index in [1.54, 1.807) is 62.4 Å². The van der Waals surface area contributed by atoms with Gasteiger partial charge in [-0.3, -0.25) is 24.1 Å². The third kappa shape index (κ3) is 77.9. The highest BCUT2D eigenvalue weighted by molar-refractivity contribution is 8.23. The molecule has 0 aliphatic heterocycles. The van der Waals surface area contributed by atoms with E-state index in [4.69, 9.17) is 44.0 Å². The third-order valence-electron chi connectivity index (χ3n) is 10.2. The fraction of sp³-hybridized carbons (Fsp3) is 0.907. The summed E-state index contributed by atoms with van der Waals surface area (Å²) in [5.41, 5.74) is -1.96. The summed E-state index contributed by atoms with van der Waals surface area (Å²) in [6.45, 7) is 103. The number of thiocarbonyl (C=S) groups is 2. The Morgan fingerprint density at radius 1 is 0.381 bits per heavy atom. The molecule has 0 atom stereocenters. The van der Waals surface area contributed by atoms with E-state index >= 15 is 0 Å². The molecule has 0 heterocycles. The minimum atomic E-state index is -1.66. The Morgan fingerprint density at radius 2 is 0.619 bits per heavy atom. The Kier molecular flexibility index (Phi) is 60.7. The zero-order valence-corrected chi connectivity index (χ0v) is 78.0. The van der Waals surface area contributed by atoms with Crippen LogP contribution in [-0.4, -0.2) is 176 Å². The molecule has 3 amide bonds. The molecule has 16 nitrogen and oxygen atoms in total. The van der Waals surface area contributed by atoms with E-state index in [1.807, 2.05) is 157 Å². The number of nitrogens with zero attached hydrogens (tertiary/aromatic N) is 5. The summed E-state index contributed by atoms with van der Waals surface area (Å²) in [5, 5.41) is 17.4. The van der Waals surface area contributed by atoms with Gasteiger partial charge in [-0.15, -0.1) is 0 Å². The van der Waals surface area contributed by atoms with E-state index in [0.29, 0.717) is 5.17 Å². The zero-order chi connectivity index (χ0) is 82.5. The Labute approximate surface area is 627 Å². The van der Waals surface area contributed by atoms with Crippen LogP contribution >= 0.6 is 59.7 Å². The molecule has 0 aliphatic carbocycles. The lowest BCUT2D eigenvalue weighted by Crippen LogP contribution is -2.56.